The average Bonchev–Trinajstić information content (AvgIpc) is 2.50. The first kappa shape index (κ1) is 13.8. The number of fused-ring (bicyclic) bond motifs is 1. The zero-order valence-electron chi connectivity index (χ0n) is 10.9. The van der Waals surface area contributed by atoms with Crippen LogP contribution in [0.15, 0.2) is 41.7 Å². The molecule has 0 saturated carbocycles. The van der Waals surface area contributed by atoms with Crippen LogP contribution in [0.25, 0.3) is 10.9 Å². The van der Waals surface area contributed by atoms with E-state index in [4.69, 9.17) is 10.9 Å². The summed E-state index contributed by atoms with van der Waals surface area (Å²) < 4.78 is 0. The number of hydrogen-bond acceptors (Lipinski definition) is 4. The molecule has 0 atom stereocenters. The van der Waals surface area contributed by atoms with Gasteiger partial charge < -0.3 is 16.3 Å². The number of amidine groups is 1. The molecule has 6 nitrogen and oxygen atoms in total. The van der Waals surface area contributed by atoms with Crippen molar-refractivity contribution >= 4 is 22.6 Å². The van der Waals surface area contributed by atoms with Gasteiger partial charge in [-0.15, -0.1) is 0 Å². The second-order valence-corrected chi connectivity index (χ2v) is 4.33. The summed E-state index contributed by atoms with van der Waals surface area (Å²) >= 11 is 0. The number of nitrogens with two attached hydrogens (primary N) is 1. The van der Waals surface area contributed by atoms with Crippen LogP contribution in [0.1, 0.15) is 23.2 Å². The number of carbonyl (C=O) groups excluding carboxylic acids is 1. The molecule has 0 spiro atoms. The Morgan fingerprint density at radius 2 is 2.20 bits per heavy atom. The summed E-state index contributed by atoms with van der Waals surface area (Å²) in [5.41, 5.74) is 6.74. The van der Waals surface area contributed by atoms with Gasteiger partial charge in [0.05, 0.1) is 5.52 Å². The molecule has 1 amide bonds. The highest BCUT2D eigenvalue weighted by molar-refractivity contribution is 6.06. The third-order valence-corrected chi connectivity index (χ3v) is 2.91. The Hall–Kier alpha value is -2.63. The van der Waals surface area contributed by atoms with Crippen LogP contribution < -0.4 is 11.1 Å². The highest BCUT2D eigenvalue weighted by Gasteiger charge is 2.09. The van der Waals surface area contributed by atoms with E-state index in [1.807, 2.05) is 12.1 Å². The minimum Gasteiger partial charge on any atom is -0.409 e. The van der Waals surface area contributed by atoms with E-state index in [9.17, 15) is 4.79 Å². The van der Waals surface area contributed by atoms with Crippen LogP contribution >= 0.6 is 0 Å². The van der Waals surface area contributed by atoms with Gasteiger partial charge in [-0.25, -0.2) is 0 Å². The summed E-state index contributed by atoms with van der Waals surface area (Å²) in [4.78, 5) is 16.3. The molecule has 4 N–H and O–H groups in total. The van der Waals surface area contributed by atoms with Crippen LogP contribution in [-0.4, -0.2) is 28.5 Å². The lowest BCUT2D eigenvalue weighted by Gasteiger charge is -2.07. The van der Waals surface area contributed by atoms with Gasteiger partial charge in [0.1, 0.15) is 5.84 Å². The Bertz CT molecular complexity index is 635. The average molecular weight is 272 g/mol. The van der Waals surface area contributed by atoms with Gasteiger partial charge in [-0.3, -0.25) is 9.78 Å². The maximum absolute atomic E-state index is 12.1. The molecule has 1 aromatic carbocycles. The second kappa shape index (κ2) is 6.51. The van der Waals surface area contributed by atoms with Gasteiger partial charge in [0.2, 0.25) is 0 Å². The number of rotatable bonds is 5. The lowest BCUT2D eigenvalue weighted by Crippen LogP contribution is -2.25. The molecular weight excluding hydrogens is 256 g/mol. The minimum absolute atomic E-state index is 0.150. The van der Waals surface area contributed by atoms with Gasteiger partial charge in [-0.1, -0.05) is 17.3 Å². The Balaban J connectivity index is 2.01. The number of aromatic nitrogens is 1. The molecule has 0 radical (unpaired) electrons. The standard InChI is InChI=1S/C14H16N4O2/c15-13(18-20)7-3-9-17-14(19)11-4-1-6-12-10(11)5-2-8-16-12/h1-2,4-6,8,20H,3,7,9H2,(H2,15,18)(H,17,19). The van der Waals surface area contributed by atoms with E-state index in [-0.39, 0.29) is 11.7 Å². The van der Waals surface area contributed by atoms with Crippen molar-refractivity contribution in [2.24, 2.45) is 10.9 Å². The first-order valence-corrected chi connectivity index (χ1v) is 6.30. The third-order valence-electron chi connectivity index (χ3n) is 2.91. The molecule has 1 aromatic heterocycles. The molecule has 0 aliphatic heterocycles. The Kier molecular flexibility index (Phi) is 4.49. The van der Waals surface area contributed by atoms with Crippen LogP contribution in [0.4, 0.5) is 0 Å². The van der Waals surface area contributed by atoms with Crippen LogP contribution in [0.3, 0.4) is 0 Å². The predicted octanol–water partition coefficient (Wildman–Crippen LogP) is 1.49. The number of pyridine rings is 1. The highest BCUT2D eigenvalue weighted by atomic mass is 16.4. The monoisotopic (exact) mass is 272 g/mol. The van der Waals surface area contributed by atoms with E-state index in [0.717, 1.165) is 10.9 Å². The second-order valence-electron chi connectivity index (χ2n) is 4.33. The maximum atomic E-state index is 12.1. The molecule has 0 aliphatic rings. The Morgan fingerprint density at radius 3 is 3.00 bits per heavy atom. The summed E-state index contributed by atoms with van der Waals surface area (Å²) in [5, 5.41) is 14.9. The van der Waals surface area contributed by atoms with Gasteiger partial charge >= 0.3 is 0 Å². The first-order chi connectivity index (χ1) is 9.72. The normalized spacial score (nSPS) is 11.5. The number of carbonyl (C=O) groups is 1. The molecule has 0 unspecified atom stereocenters. The fraction of sp³-hybridized carbons (Fsp3) is 0.214. The van der Waals surface area contributed by atoms with Crippen molar-refractivity contribution in [1.29, 1.82) is 0 Å². The molecular formula is C14H16N4O2. The number of benzene rings is 1. The number of amides is 1. The largest absolute Gasteiger partial charge is 0.409 e. The van der Waals surface area contributed by atoms with Crippen molar-refractivity contribution in [3.8, 4) is 0 Å². The van der Waals surface area contributed by atoms with E-state index in [2.05, 4.69) is 15.5 Å². The van der Waals surface area contributed by atoms with E-state index in [0.29, 0.717) is 24.9 Å². The highest BCUT2D eigenvalue weighted by Crippen LogP contribution is 2.16. The van der Waals surface area contributed by atoms with Gasteiger partial charge in [-0.05, 0) is 24.6 Å². The minimum atomic E-state index is -0.150. The quantitative estimate of drug-likeness (QED) is 0.252. The zero-order chi connectivity index (χ0) is 14.4. The number of oxime groups is 1. The van der Waals surface area contributed by atoms with Crippen molar-refractivity contribution in [1.82, 2.24) is 10.3 Å². The molecule has 6 heteroatoms. The topological polar surface area (TPSA) is 101 Å². The summed E-state index contributed by atoms with van der Waals surface area (Å²) in [7, 11) is 0. The number of hydrogen-bond donors (Lipinski definition) is 3. The molecule has 2 aromatic rings. The molecule has 1 heterocycles. The van der Waals surface area contributed by atoms with Crippen molar-refractivity contribution in [3.63, 3.8) is 0 Å². The lowest BCUT2D eigenvalue weighted by atomic mass is 10.1. The first-order valence-electron chi connectivity index (χ1n) is 6.30. The molecule has 2 rings (SSSR count). The molecule has 0 bridgehead atoms. The van der Waals surface area contributed by atoms with E-state index in [1.165, 1.54) is 0 Å². The van der Waals surface area contributed by atoms with Crippen LogP contribution in [0.5, 0.6) is 0 Å². The summed E-state index contributed by atoms with van der Waals surface area (Å²) in [5.74, 6) is 0.0109. The number of nitrogens with one attached hydrogen (secondary N) is 1. The Morgan fingerprint density at radius 1 is 1.35 bits per heavy atom. The maximum Gasteiger partial charge on any atom is 0.251 e. The van der Waals surface area contributed by atoms with Gasteiger partial charge in [0.25, 0.3) is 5.91 Å². The third kappa shape index (κ3) is 3.23. The van der Waals surface area contributed by atoms with Crippen molar-refractivity contribution in [3.05, 3.63) is 42.1 Å². The summed E-state index contributed by atoms with van der Waals surface area (Å²) in [6, 6.07) is 9.11. The van der Waals surface area contributed by atoms with Crippen molar-refractivity contribution in [2.75, 3.05) is 6.54 Å². The van der Waals surface area contributed by atoms with Crippen molar-refractivity contribution < 1.29 is 10.0 Å². The zero-order valence-corrected chi connectivity index (χ0v) is 10.9. The molecule has 20 heavy (non-hydrogen) atoms. The van der Waals surface area contributed by atoms with Crippen LogP contribution in [-0.2, 0) is 0 Å². The SMILES string of the molecule is NC(CCCNC(=O)c1cccc2ncccc12)=NO. The predicted molar refractivity (Wildman–Crippen MR) is 76.7 cm³/mol. The van der Waals surface area contributed by atoms with E-state index >= 15 is 0 Å². The fourth-order valence-electron chi connectivity index (χ4n) is 1.92. The number of nitrogens with zero attached hydrogens (tertiary/aromatic N) is 2. The molecule has 0 aliphatic carbocycles. The molecule has 0 saturated heterocycles. The lowest BCUT2D eigenvalue weighted by molar-refractivity contribution is 0.0955. The van der Waals surface area contributed by atoms with E-state index in [1.54, 1.807) is 24.4 Å². The van der Waals surface area contributed by atoms with Crippen LogP contribution in [0.2, 0.25) is 0 Å². The molecule has 104 valence electrons. The van der Waals surface area contributed by atoms with Gasteiger partial charge in [0.15, 0.2) is 0 Å². The summed E-state index contributed by atoms with van der Waals surface area (Å²) in [6.45, 7) is 0.464. The van der Waals surface area contributed by atoms with Gasteiger partial charge in [-0.2, -0.15) is 0 Å². The fourth-order valence-corrected chi connectivity index (χ4v) is 1.92. The van der Waals surface area contributed by atoms with Gasteiger partial charge in [0, 0.05) is 30.1 Å². The Labute approximate surface area is 116 Å². The van der Waals surface area contributed by atoms with Crippen molar-refractivity contribution in [2.45, 2.75) is 12.8 Å². The summed E-state index contributed by atoms with van der Waals surface area (Å²) in [6.07, 6.45) is 2.75. The van der Waals surface area contributed by atoms with E-state index < -0.39 is 0 Å². The van der Waals surface area contributed by atoms with Crippen LogP contribution in [0, 0.1) is 0 Å². The smallest absolute Gasteiger partial charge is 0.251 e. The molecule has 0 fully saturated rings.